The average Bonchev–Trinajstić information content (AvgIpc) is 3.44. The molecule has 0 radical (unpaired) electrons. The van der Waals surface area contributed by atoms with Gasteiger partial charge < -0.3 is 19.9 Å². The Morgan fingerprint density at radius 1 is 1.25 bits per heavy atom. The van der Waals surface area contributed by atoms with Gasteiger partial charge in [-0.05, 0) is 45.2 Å². The van der Waals surface area contributed by atoms with Crippen molar-refractivity contribution >= 4 is 11.8 Å². The number of carbonyl (C=O) groups excluding carboxylic acids is 2. The van der Waals surface area contributed by atoms with Crippen molar-refractivity contribution in [3.8, 4) is 0 Å². The highest BCUT2D eigenvalue weighted by molar-refractivity contribution is 5.81. The number of rotatable bonds is 7. The van der Waals surface area contributed by atoms with Crippen LogP contribution in [0.2, 0.25) is 0 Å². The van der Waals surface area contributed by atoms with Gasteiger partial charge in [0.1, 0.15) is 0 Å². The minimum absolute atomic E-state index is 0.128. The van der Waals surface area contributed by atoms with Crippen molar-refractivity contribution in [1.29, 1.82) is 0 Å². The van der Waals surface area contributed by atoms with Gasteiger partial charge in [-0.1, -0.05) is 20.8 Å². The van der Waals surface area contributed by atoms with E-state index in [2.05, 4.69) is 17.1 Å². The van der Waals surface area contributed by atoms with Crippen LogP contribution in [0.5, 0.6) is 0 Å². The number of amides is 2. The van der Waals surface area contributed by atoms with Crippen LogP contribution in [-0.4, -0.2) is 72.6 Å². The second-order valence-corrected chi connectivity index (χ2v) is 10.1. The number of carbonyl (C=O) groups is 2. The quantitative estimate of drug-likeness (QED) is 0.721. The van der Waals surface area contributed by atoms with Crippen LogP contribution in [0.25, 0.3) is 0 Å². The molecular formula is C22H37N3O3. The van der Waals surface area contributed by atoms with E-state index in [4.69, 9.17) is 4.74 Å². The molecule has 1 N–H and O–H groups in total. The third-order valence-electron chi connectivity index (χ3n) is 7.97. The Balaban J connectivity index is 1.33. The van der Waals surface area contributed by atoms with E-state index in [-0.39, 0.29) is 28.9 Å². The molecule has 2 amide bonds. The van der Waals surface area contributed by atoms with Gasteiger partial charge in [0, 0.05) is 43.3 Å². The summed E-state index contributed by atoms with van der Waals surface area (Å²) < 4.78 is 6.44. The van der Waals surface area contributed by atoms with Crippen molar-refractivity contribution < 1.29 is 14.3 Å². The summed E-state index contributed by atoms with van der Waals surface area (Å²) >= 11 is 0. The van der Waals surface area contributed by atoms with Gasteiger partial charge in [0.15, 0.2) is 0 Å². The van der Waals surface area contributed by atoms with E-state index in [9.17, 15) is 9.59 Å². The predicted octanol–water partition coefficient (Wildman–Crippen LogP) is 2.03. The maximum Gasteiger partial charge on any atom is 0.225 e. The lowest BCUT2D eigenvalue weighted by molar-refractivity contribution is -0.132. The van der Waals surface area contributed by atoms with E-state index in [1.807, 2.05) is 18.7 Å². The van der Waals surface area contributed by atoms with Crippen LogP contribution in [0.3, 0.4) is 0 Å². The zero-order valence-electron chi connectivity index (χ0n) is 17.8. The van der Waals surface area contributed by atoms with Gasteiger partial charge in [-0.25, -0.2) is 0 Å². The second-order valence-electron chi connectivity index (χ2n) is 10.1. The molecule has 4 aliphatic rings. The molecule has 4 heterocycles. The van der Waals surface area contributed by atoms with E-state index >= 15 is 0 Å². The topological polar surface area (TPSA) is 61.9 Å². The number of likely N-dealkylation sites (tertiary alicyclic amines) is 2. The Hall–Kier alpha value is -1.14. The number of nitrogens with zero attached hydrogens (tertiary/aromatic N) is 2. The van der Waals surface area contributed by atoms with E-state index in [0.29, 0.717) is 24.8 Å². The van der Waals surface area contributed by atoms with Crippen molar-refractivity contribution in [2.24, 2.45) is 17.3 Å². The highest BCUT2D eigenvalue weighted by Gasteiger charge is 2.63. The maximum absolute atomic E-state index is 12.8. The van der Waals surface area contributed by atoms with E-state index in [1.54, 1.807) is 0 Å². The minimum atomic E-state index is -0.330. The molecule has 0 aliphatic carbocycles. The normalized spacial score (nSPS) is 34.8. The highest BCUT2D eigenvalue weighted by atomic mass is 16.5. The molecule has 4 atom stereocenters. The van der Waals surface area contributed by atoms with Crippen molar-refractivity contribution in [2.45, 2.75) is 71.0 Å². The largest absolute Gasteiger partial charge is 0.369 e. The van der Waals surface area contributed by atoms with E-state index in [1.165, 1.54) is 12.8 Å². The first kappa shape index (κ1) is 20.1. The molecule has 0 aromatic rings. The molecule has 2 bridgehead atoms. The predicted molar refractivity (Wildman–Crippen MR) is 108 cm³/mol. The summed E-state index contributed by atoms with van der Waals surface area (Å²) in [5.74, 6) is 1.11. The second kappa shape index (κ2) is 7.60. The molecule has 0 saturated carbocycles. The minimum Gasteiger partial charge on any atom is -0.369 e. The first-order valence-corrected chi connectivity index (χ1v) is 11.3. The molecule has 4 aliphatic heterocycles. The molecule has 4 rings (SSSR count). The van der Waals surface area contributed by atoms with Crippen LogP contribution in [0.1, 0.15) is 59.3 Å². The van der Waals surface area contributed by atoms with Crippen LogP contribution in [0.15, 0.2) is 0 Å². The Bertz CT molecular complexity index is 616. The molecule has 1 spiro atoms. The fourth-order valence-corrected chi connectivity index (χ4v) is 5.68. The molecule has 158 valence electrons. The van der Waals surface area contributed by atoms with Crippen LogP contribution < -0.4 is 5.32 Å². The molecule has 0 aromatic carbocycles. The third-order valence-corrected chi connectivity index (χ3v) is 7.97. The first-order valence-electron chi connectivity index (χ1n) is 11.3. The van der Waals surface area contributed by atoms with Gasteiger partial charge in [0.2, 0.25) is 11.8 Å². The lowest BCUT2D eigenvalue weighted by Crippen LogP contribution is -2.44. The standard InChI is InChI=1S/C22H37N3O3/c1-4-21(2,3)20(27)23-13-16-17-14-25(15-22(17)9-7-18(16)28-22)19(26)8-12-24-10-5-6-11-24/h16-18H,4-15H2,1-3H3,(H,23,27)/t16-,17+,18+,22+/m0/s1. The van der Waals surface area contributed by atoms with Gasteiger partial charge in [-0.15, -0.1) is 0 Å². The van der Waals surface area contributed by atoms with Crippen LogP contribution >= 0.6 is 0 Å². The van der Waals surface area contributed by atoms with Gasteiger partial charge >= 0.3 is 0 Å². The fourth-order valence-electron chi connectivity index (χ4n) is 5.68. The molecule has 4 fully saturated rings. The van der Waals surface area contributed by atoms with Crippen molar-refractivity contribution in [3.05, 3.63) is 0 Å². The van der Waals surface area contributed by atoms with Crippen molar-refractivity contribution in [2.75, 3.05) is 39.3 Å². The lowest BCUT2D eigenvalue weighted by atomic mass is 9.73. The summed E-state index contributed by atoms with van der Waals surface area (Å²) in [6.45, 7) is 11.4. The van der Waals surface area contributed by atoms with Gasteiger partial charge in [0.25, 0.3) is 0 Å². The smallest absolute Gasteiger partial charge is 0.225 e. The van der Waals surface area contributed by atoms with Crippen LogP contribution in [0.4, 0.5) is 0 Å². The maximum atomic E-state index is 12.8. The Kier molecular flexibility index (Phi) is 5.47. The summed E-state index contributed by atoms with van der Waals surface area (Å²) in [6.07, 6.45) is 6.35. The van der Waals surface area contributed by atoms with Crippen LogP contribution in [0, 0.1) is 17.3 Å². The summed E-state index contributed by atoms with van der Waals surface area (Å²) in [4.78, 5) is 29.8. The zero-order chi connectivity index (χ0) is 19.9. The van der Waals surface area contributed by atoms with Gasteiger partial charge in [-0.3, -0.25) is 9.59 Å². The van der Waals surface area contributed by atoms with Crippen molar-refractivity contribution in [1.82, 2.24) is 15.1 Å². The number of fused-ring (bicyclic) bond motifs is 1. The van der Waals surface area contributed by atoms with Crippen LogP contribution in [-0.2, 0) is 14.3 Å². The van der Waals surface area contributed by atoms with E-state index in [0.717, 1.165) is 52.0 Å². The summed E-state index contributed by atoms with van der Waals surface area (Å²) in [5, 5.41) is 3.19. The summed E-state index contributed by atoms with van der Waals surface area (Å²) in [7, 11) is 0. The van der Waals surface area contributed by atoms with Gasteiger partial charge in [-0.2, -0.15) is 0 Å². The van der Waals surface area contributed by atoms with Gasteiger partial charge in [0.05, 0.1) is 18.2 Å². The molecule has 28 heavy (non-hydrogen) atoms. The van der Waals surface area contributed by atoms with Crippen molar-refractivity contribution in [3.63, 3.8) is 0 Å². The Labute approximate surface area is 169 Å². The SMILES string of the molecule is CCC(C)(C)C(=O)NC[C@H]1[C@H]2CN(C(=O)CCN3CCCC3)C[C@]23CC[C@H]1O3. The first-order chi connectivity index (χ1) is 13.3. The number of hydrogen-bond acceptors (Lipinski definition) is 4. The molecule has 0 aromatic heterocycles. The number of hydrogen-bond donors (Lipinski definition) is 1. The number of ether oxygens (including phenoxy) is 1. The Morgan fingerprint density at radius 3 is 2.71 bits per heavy atom. The number of nitrogens with one attached hydrogen (secondary N) is 1. The molecule has 0 unspecified atom stereocenters. The Morgan fingerprint density at radius 2 is 2.00 bits per heavy atom. The zero-order valence-corrected chi connectivity index (χ0v) is 17.8. The average molecular weight is 392 g/mol. The molecule has 4 saturated heterocycles. The monoisotopic (exact) mass is 391 g/mol. The summed E-state index contributed by atoms with van der Waals surface area (Å²) in [6, 6.07) is 0. The molecule has 6 nitrogen and oxygen atoms in total. The molecular weight excluding hydrogens is 354 g/mol. The van der Waals surface area contributed by atoms with E-state index < -0.39 is 0 Å². The summed E-state index contributed by atoms with van der Waals surface area (Å²) in [5.41, 5.74) is -0.479. The highest BCUT2D eigenvalue weighted by Crippen LogP contribution is 2.54. The lowest BCUT2D eigenvalue weighted by Gasteiger charge is -2.30. The molecule has 6 heteroatoms. The third kappa shape index (κ3) is 3.58. The fraction of sp³-hybridized carbons (Fsp3) is 0.909.